The Kier molecular flexibility index (Phi) is 4.68. The van der Waals surface area contributed by atoms with E-state index in [-0.39, 0.29) is 18.4 Å². The first-order chi connectivity index (χ1) is 8.02. The molecule has 0 aliphatic heterocycles. The highest BCUT2D eigenvalue weighted by Crippen LogP contribution is 2.06. The van der Waals surface area contributed by atoms with E-state index in [0.29, 0.717) is 18.0 Å². The molecule has 0 saturated heterocycles. The van der Waals surface area contributed by atoms with Gasteiger partial charge in [0.25, 0.3) is 0 Å². The number of aryl methyl sites for hydroxylation is 1. The summed E-state index contributed by atoms with van der Waals surface area (Å²) >= 11 is 0. The number of hydrogen-bond donors (Lipinski definition) is 1. The molecule has 6 heteroatoms. The first kappa shape index (κ1) is 13.2. The van der Waals surface area contributed by atoms with Gasteiger partial charge in [-0.1, -0.05) is 12.1 Å². The SMILES string of the molecule is CCCC(=O)N(C)CC(=O)Nc1cc(C)on1. The smallest absolute Gasteiger partial charge is 0.245 e. The third-order valence-electron chi connectivity index (χ3n) is 2.17. The number of carbonyl (C=O) groups excluding carboxylic acids is 2. The van der Waals surface area contributed by atoms with E-state index in [4.69, 9.17) is 4.52 Å². The molecule has 6 nitrogen and oxygen atoms in total. The molecule has 1 rings (SSSR count). The Balaban J connectivity index is 2.41. The molecule has 1 N–H and O–H groups in total. The van der Waals surface area contributed by atoms with E-state index in [1.54, 1.807) is 20.0 Å². The molecule has 17 heavy (non-hydrogen) atoms. The van der Waals surface area contributed by atoms with Crippen LogP contribution in [0.5, 0.6) is 0 Å². The van der Waals surface area contributed by atoms with Crippen molar-refractivity contribution in [1.29, 1.82) is 0 Å². The Morgan fingerprint density at radius 2 is 2.24 bits per heavy atom. The minimum absolute atomic E-state index is 0.0186. The molecule has 1 aromatic heterocycles. The average Bonchev–Trinajstić information content (AvgIpc) is 2.64. The van der Waals surface area contributed by atoms with Gasteiger partial charge in [0, 0.05) is 19.5 Å². The van der Waals surface area contributed by atoms with Gasteiger partial charge in [-0.25, -0.2) is 0 Å². The van der Waals surface area contributed by atoms with Crippen LogP contribution in [-0.2, 0) is 9.59 Å². The van der Waals surface area contributed by atoms with Crippen LogP contribution in [0.25, 0.3) is 0 Å². The van der Waals surface area contributed by atoms with Crippen molar-refractivity contribution in [1.82, 2.24) is 10.1 Å². The molecule has 1 aromatic rings. The molecule has 1 heterocycles. The molecule has 0 aliphatic rings. The fourth-order valence-corrected chi connectivity index (χ4v) is 1.32. The fraction of sp³-hybridized carbons (Fsp3) is 0.545. The van der Waals surface area contributed by atoms with Gasteiger partial charge in [-0.05, 0) is 13.3 Å². The van der Waals surface area contributed by atoms with Crippen LogP contribution in [0.15, 0.2) is 10.6 Å². The third kappa shape index (κ3) is 4.26. The van der Waals surface area contributed by atoms with E-state index < -0.39 is 0 Å². The molecule has 0 unspecified atom stereocenters. The summed E-state index contributed by atoms with van der Waals surface area (Å²) < 4.78 is 4.81. The summed E-state index contributed by atoms with van der Waals surface area (Å²) in [7, 11) is 1.60. The molecule has 0 atom stereocenters. The summed E-state index contributed by atoms with van der Waals surface area (Å²) in [5.74, 6) is 0.656. The third-order valence-corrected chi connectivity index (χ3v) is 2.17. The maximum Gasteiger partial charge on any atom is 0.245 e. The quantitative estimate of drug-likeness (QED) is 0.837. The first-order valence-corrected chi connectivity index (χ1v) is 5.50. The predicted molar refractivity (Wildman–Crippen MR) is 62.4 cm³/mol. The van der Waals surface area contributed by atoms with E-state index in [1.165, 1.54) is 4.90 Å². The van der Waals surface area contributed by atoms with Gasteiger partial charge in [0.05, 0.1) is 6.54 Å². The monoisotopic (exact) mass is 239 g/mol. The van der Waals surface area contributed by atoms with Crippen molar-refractivity contribution in [3.05, 3.63) is 11.8 Å². The number of rotatable bonds is 5. The molecule has 94 valence electrons. The van der Waals surface area contributed by atoms with Crippen LogP contribution in [-0.4, -0.2) is 35.5 Å². The van der Waals surface area contributed by atoms with E-state index >= 15 is 0 Å². The molecule has 0 fully saturated rings. The van der Waals surface area contributed by atoms with Gasteiger partial charge < -0.3 is 14.7 Å². The summed E-state index contributed by atoms with van der Waals surface area (Å²) in [5, 5.41) is 6.19. The minimum atomic E-state index is -0.287. The fourth-order valence-electron chi connectivity index (χ4n) is 1.32. The van der Waals surface area contributed by atoms with E-state index in [1.807, 2.05) is 6.92 Å². The van der Waals surface area contributed by atoms with Crippen molar-refractivity contribution in [3.63, 3.8) is 0 Å². The highest BCUT2D eigenvalue weighted by atomic mass is 16.5. The lowest BCUT2D eigenvalue weighted by atomic mass is 10.3. The molecule has 0 saturated carbocycles. The van der Waals surface area contributed by atoms with Crippen molar-refractivity contribution >= 4 is 17.6 Å². The molecule has 0 spiro atoms. The average molecular weight is 239 g/mol. The van der Waals surface area contributed by atoms with Gasteiger partial charge in [0.1, 0.15) is 5.76 Å². The normalized spacial score (nSPS) is 10.1. The van der Waals surface area contributed by atoms with Crippen LogP contribution in [0.4, 0.5) is 5.82 Å². The number of anilines is 1. The Bertz CT molecular complexity index is 400. The molecular formula is C11H17N3O3. The second kappa shape index (κ2) is 6.03. The lowest BCUT2D eigenvalue weighted by Gasteiger charge is -2.15. The Labute approximate surface area is 99.9 Å². The summed E-state index contributed by atoms with van der Waals surface area (Å²) in [6.45, 7) is 3.67. The van der Waals surface area contributed by atoms with Crippen LogP contribution in [0.1, 0.15) is 25.5 Å². The molecule has 0 aliphatic carbocycles. The standard InChI is InChI=1S/C11H17N3O3/c1-4-5-11(16)14(3)7-10(15)12-9-6-8(2)17-13-9/h6H,4-5,7H2,1-3H3,(H,12,13,15). The predicted octanol–water partition coefficient (Wildman–Crippen LogP) is 1.18. The second-order valence-electron chi connectivity index (χ2n) is 3.87. The lowest BCUT2D eigenvalue weighted by Crippen LogP contribution is -2.34. The Morgan fingerprint density at radius 1 is 1.53 bits per heavy atom. The number of nitrogens with zero attached hydrogens (tertiary/aromatic N) is 2. The summed E-state index contributed by atoms with van der Waals surface area (Å²) in [5.41, 5.74) is 0. The van der Waals surface area contributed by atoms with Gasteiger partial charge in [0.2, 0.25) is 11.8 Å². The van der Waals surface area contributed by atoms with Crippen molar-refractivity contribution in [3.8, 4) is 0 Å². The largest absolute Gasteiger partial charge is 0.360 e. The van der Waals surface area contributed by atoms with Crippen LogP contribution in [0, 0.1) is 6.92 Å². The van der Waals surface area contributed by atoms with Gasteiger partial charge in [-0.15, -0.1) is 0 Å². The zero-order valence-electron chi connectivity index (χ0n) is 10.3. The van der Waals surface area contributed by atoms with Gasteiger partial charge in [-0.3, -0.25) is 9.59 Å². The van der Waals surface area contributed by atoms with Crippen molar-refractivity contribution in [2.45, 2.75) is 26.7 Å². The number of nitrogens with one attached hydrogen (secondary N) is 1. The topological polar surface area (TPSA) is 75.4 Å². The summed E-state index contributed by atoms with van der Waals surface area (Å²) in [6.07, 6.45) is 1.22. The second-order valence-corrected chi connectivity index (χ2v) is 3.87. The molecule has 0 aromatic carbocycles. The van der Waals surface area contributed by atoms with Crippen LogP contribution in [0.3, 0.4) is 0 Å². The number of hydrogen-bond acceptors (Lipinski definition) is 4. The molecule has 0 radical (unpaired) electrons. The zero-order valence-corrected chi connectivity index (χ0v) is 10.3. The van der Waals surface area contributed by atoms with Crippen LogP contribution >= 0.6 is 0 Å². The molecule has 0 bridgehead atoms. The van der Waals surface area contributed by atoms with Gasteiger partial charge in [0.15, 0.2) is 5.82 Å². The lowest BCUT2D eigenvalue weighted by molar-refractivity contribution is -0.133. The van der Waals surface area contributed by atoms with E-state index in [0.717, 1.165) is 6.42 Å². The Morgan fingerprint density at radius 3 is 2.76 bits per heavy atom. The number of likely N-dealkylation sites (N-methyl/N-ethyl adjacent to an activating group) is 1. The maximum absolute atomic E-state index is 11.6. The first-order valence-electron chi connectivity index (χ1n) is 5.50. The van der Waals surface area contributed by atoms with Crippen LogP contribution < -0.4 is 5.32 Å². The van der Waals surface area contributed by atoms with E-state index in [9.17, 15) is 9.59 Å². The highest BCUT2D eigenvalue weighted by molar-refractivity contribution is 5.93. The van der Waals surface area contributed by atoms with Crippen molar-refractivity contribution in [2.24, 2.45) is 0 Å². The zero-order chi connectivity index (χ0) is 12.8. The molecule has 2 amide bonds. The maximum atomic E-state index is 11.6. The number of amides is 2. The van der Waals surface area contributed by atoms with E-state index in [2.05, 4.69) is 10.5 Å². The molecular weight excluding hydrogens is 222 g/mol. The van der Waals surface area contributed by atoms with Crippen LogP contribution in [0.2, 0.25) is 0 Å². The van der Waals surface area contributed by atoms with Crippen molar-refractivity contribution < 1.29 is 14.1 Å². The summed E-state index contributed by atoms with van der Waals surface area (Å²) in [6, 6.07) is 1.62. The Hall–Kier alpha value is -1.85. The highest BCUT2D eigenvalue weighted by Gasteiger charge is 2.13. The summed E-state index contributed by atoms with van der Waals surface area (Å²) in [4.78, 5) is 24.4. The van der Waals surface area contributed by atoms with Gasteiger partial charge >= 0.3 is 0 Å². The number of carbonyl (C=O) groups is 2. The van der Waals surface area contributed by atoms with Gasteiger partial charge in [-0.2, -0.15) is 0 Å². The minimum Gasteiger partial charge on any atom is -0.360 e. The van der Waals surface area contributed by atoms with Crippen molar-refractivity contribution in [2.75, 3.05) is 18.9 Å². The number of aromatic nitrogens is 1.